The molecule has 0 spiro atoms. The predicted octanol–water partition coefficient (Wildman–Crippen LogP) is 10.4. The molecule has 6 heteroatoms. The Morgan fingerprint density at radius 3 is 2.33 bits per heavy atom. The summed E-state index contributed by atoms with van der Waals surface area (Å²) in [4.78, 5) is 44.5. The Hall–Kier alpha value is -3.02. The zero-order chi connectivity index (χ0) is 37.6. The number of fused-ring (bicyclic) bond motifs is 8. The maximum absolute atomic E-state index is 14.9. The molecule has 0 amide bonds. The summed E-state index contributed by atoms with van der Waals surface area (Å²) in [6, 6.07) is 10.3. The molecule has 1 aromatic heterocycles. The molecule has 52 heavy (non-hydrogen) atoms. The van der Waals surface area contributed by atoms with Gasteiger partial charge in [-0.1, -0.05) is 71.0 Å². The molecule has 5 fully saturated rings. The van der Waals surface area contributed by atoms with E-state index in [9.17, 15) is 19.5 Å². The normalized spacial score (nSPS) is 39.4. The van der Waals surface area contributed by atoms with Crippen LogP contribution in [-0.4, -0.2) is 33.9 Å². The molecule has 5 unspecified atom stereocenters. The molecular formula is C46H63NO5. The Morgan fingerprint density at radius 2 is 1.62 bits per heavy atom. The molecule has 5 aliphatic rings. The summed E-state index contributed by atoms with van der Waals surface area (Å²) in [7, 11) is 0. The largest absolute Gasteiger partial charge is 0.481 e. The van der Waals surface area contributed by atoms with Crippen molar-refractivity contribution in [3.05, 3.63) is 54.2 Å². The first-order valence-electron chi connectivity index (χ1n) is 20.3. The number of ketones is 1. The lowest BCUT2D eigenvalue weighted by atomic mass is 9.32. The number of aliphatic carboxylic acids is 1. The number of para-hydroxylation sites is 1. The van der Waals surface area contributed by atoms with Crippen LogP contribution in [0.15, 0.2) is 48.7 Å². The van der Waals surface area contributed by atoms with E-state index in [1.807, 2.05) is 12.3 Å². The van der Waals surface area contributed by atoms with E-state index in [4.69, 9.17) is 9.72 Å². The lowest BCUT2D eigenvalue weighted by Crippen LogP contribution is -2.67. The van der Waals surface area contributed by atoms with Crippen LogP contribution < -0.4 is 0 Å². The average molecular weight is 710 g/mol. The van der Waals surface area contributed by atoms with Crippen molar-refractivity contribution in [3.8, 4) is 0 Å². The number of carboxylic acids is 1. The minimum atomic E-state index is -1.15. The van der Waals surface area contributed by atoms with Crippen molar-refractivity contribution in [2.45, 2.75) is 139 Å². The van der Waals surface area contributed by atoms with E-state index >= 15 is 0 Å². The molecule has 282 valence electrons. The fourth-order valence-corrected chi connectivity index (χ4v) is 14.1. The van der Waals surface area contributed by atoms with Gasteiger partial charge in [0.25, 0.3) is 0 Å². The number of allylic oxidation sites excluding steroid dienone is 1. The standard InChI is InChI=1S/C46H63NO5/c1-28(2)31-17-22-46(35(48)26-30-13-10-12-29-14-11-25-47-39(29)30)24-23-44(8)32(38(31)46)15-16-34-43(7)20-19-36(52-37(49)27-41(3,4)40(50)51)42(5,6)33(43)18-21-45(34,44)9/h10-14,25,31-34,36,38H,1,15-24,26-27H2,2-9H3,(H,50,51)/t31-,32?,33?,34?,36?,38?,43-,44+,45+,46+/m0/s1. The van der Waals surface area contributed by atoms with Gasteiger partial charge in [0.05, 0.1) is 17.4 Å². The molecule has 6 nitrogen and oxygen atoms in total. The number of hydrogen-bond acceptors (Lipinski definition) is 5. The quantitative estimate of drug-likeness (QED) is 0.217. The number of pyridine rings is 1. The van der Waals surface area contributed by atoms with E-state index in [0.29, 0.717) is 41.8 Å². The maximum Gasteiger partial charge on any atom is 0.309 e. The molecule has 10 atom stereocenters. The zero-order valence-corrected chi connectivity index (χ0v) is 33.1. The predicted molar refractivity (Wildman–Crippen MR) is 205 cm³/mol. The number of hydrogen-bond donors (Lipinski definition) is 1. The lowest BCUT2D eigenvalue weighted by molar-refractivity contribution is -0.249. The molecular weight excluding hydrogens is 647 g/mol. The molecule has 0 saturated heterocycles. The van der Waals surface area contributed by atoms with Crippen LogP contribution in [0.3, 0.4) is 0 Å². The topological polar surface area (TPSA) is 93.6 Å². The Kier molecular flexibility index (Phi) is 8.98. The molecule has 0 bridgehead atoms. The second-order valence-corrected chi connectivity index (χ2v) is 20.1. The van der Waals surface area contributed by atoms with Gasteiger partial charge in [-0.3, -0.25) is 19.4 Å². The van der Waals surface area contributed by atoms with Gasteiger partial charge in [0, 0.05) is 28.8 Å². The van der Waals surface area contributed by atoms with Gasteiger partial charge < -0.3 is 9.84 Å². The molecule has 0 radical (unpaired) electrons. The Morgan fingerprint density at radius 1 is 0.885 bits per heavy atom. The van der Waals surface area contributed by atoms with Crippen LogP contribution in [-0.2, 0) is 25.5 Å². The summed E-state index contributed by atoms with van der Waals surface area (Å²) in [6.07, 6.45) is 12.4. The van der Waals surface area contributed by atoms with Crippen molar-refractivity contribution < 1.29 is 24.2 Å². The third kappa shape index (κ3) is 5.37. The molecule has 1 heterocycles. The number of carboxylic acid groups (broad SMARTS) is 1. The number of ether oxygens (including phenoxy) is 1. The maximum atomic E-state index is 14.9. The van der Waals surface area contributed by atoms with E-state index in [-0.39, 0.29) is 39.6 Å². The molecule has 0 aliphatic heterocycles. The van der Waals surface area contributed by atoms with Crippen molar-refractivity contribution >= 4 is 28.6 Å². The Balaban J connectivity index is 1.16. The van der Waals surface area contributed by atoms with E-state index in [2.05, 4.69) is 72.4 Å². The van der Waals surface area contributed by atoms with E-state index < -0.39 is 17.4 Å². The third-order valence-corrected chi connectivity index (χ3v) is 17.1. The average Bonchev–Trinajstić information content (AvgIpc) is 3.48. The Labute approximate surface area is 312 Å². The highest BCUT2D eigenvalue weighted by molar-refractivity contribution is 5.92. The minimum absolute atomic E-state index is 0.114. The highest BCUT2D eigenvalue weighted by Crippen LogP contribution is 2.77. The summed E-state index contributed by atoms with van der Waals surface area (Å²) in [6.45, 7) is 22.3. The second kappa shape index (κ2) is 12.5. The van der Waals surface area contributed by atoms with Crippen LogP contribution in [0.2, 0.25) is 0 Å². The van der Waals surface area contributed by atoms with Gasteiger partial charge in [-0.2, -0.15) is 0 Å². The number of benzene rings is 1. The number of nitrogens with zero attached hydrogens (tertiary/aromatic N) is 1. The fourth-order valence-electron chi connectivity index (χ4n) is 14.1. The lowest BCUT2D eigenvalue weighted by Gasteiger charge is -2.73. The van der Waals surface area contributed by atoms with E-state index in [1.165, 1.54) is 12.0 Å². The molecule has 2 aromatic rings. The van der Waals surface area contributed by atoms with Gasteiger partial charge in [-0.15, -0.1) is 0 Å². The number of carbonyl (C=O) groups excluding carboxylic acids is 2. The van der Waals surface area contributed by atoms with Crippen molar-refractivity contribution in [1.29, 1.82) is 0 Å². The van der Waals surface area contributed by atoms with Crippen LogP contribution in [0.4, 0.5) is 0 Å². The van der Waals surface area contributed by atoms with Gasteiger partial charge in [-0.25, -0.2) is 0 Å². The van der Waals surface area contributed by atoms with Crippen molar-refractivity contribution in [3.63, 3.8) is 0 Å². The first kappa shape index (κ1) is 37.3. The van der Waals surface area contributed by atoms with E-state index in [1.54, 1.807) is 13.8 Å². The number of rotatable bonds is 8. The zero-order valence-electron chi connectivity index (χ0n) is 33.1. The molecule has 7 rings (SSSR count). The molecule has 1 aromatic carbocycles. The fraction of sp³-hybridized carbons (Fsp3) is 0.696. The van der Waals surface area contributed by atoms with Gasteiger partial charge >= 0.3 is 11.9 Å². The first-order chi connectivity index (χ1) is 24.3. The number of Topliss-reactive ketones (excluding diaryl/α,β-unsaturated/α-hetero) is 1. The van der Waals surface area contributed by atoms with E-state index in [0.717, 1.165) is 74.3 Å². The summed E-state index contributed by atoms with van der Waals surface area (Å²) in [5.41, 5.74) is 1.96. The molecule has 5 saturated carbocycles. The number of esters is 1. The van der Waals surface area contributed by atoms with Crippen molar-refractivity contribution in [2.24, 2.45) is 62.1 Å². The SMILES string of the molecule is C=C(C)[C@@H]1CC[C@]2(C(=O)Cc3cccc4cccnc34)CC[C@]3(C)C(CCC4[C@@]5(C)CCC(OC(=O)CC(C)(C)C(=O)O)C(C)(C)C5CC[C@]43C)C12. The summed E-state index contributed by atoms with van der Waals surface area (Å²) in [5.74, 6) is 1.18. The monoisotopic (exact) mass is 709 g/mol. The van der Waals surface area contributed by atoms with Crippen molar-refractivity contribution in [2.75, 3.05) is 0 Å². The molecule has 1 N–H and O–H groups in total. The van der Waals surface area contributed by atoms with Crippen LogP contribution in [0.5, 0.6) is 0 Å². The van der Waals surface area contributed by atoms with Crippen LogP contribution in [0.25, 0.3) is 10.9 Å². The van der Waals surface area contributed by atoms with Crippen LogP contribution in [0.1, 0.15) is 132 Å². The summed E-state index contributed by atoms with van der Waals surface area (Å²) in [5, 5.41) is 10.7. The number of aromatic nitrogens is 1. The third-order valence-electron chi connectivity index (χ3n) is 17.1. The van der Waals surface area contributed by atoms with Crippen molar-refractivity contribution in [1.82, 2.24) is 4.98 Å². The van der Waals surface area contributed by atoms with Gasteiger partial charge in [0.1, 0.15) is 11.9 Å². The summed E-state index contributed by atoms with van der Waals surface area (Å²) >= 11 is 0. The van der Waals surface area contributed by atoms with Crippen LogP contribution in [0, 0.1) is 62.1 Å². The highest BCUT2D eigenvalue weighted by Gasteiger charge is 2.72. The smallest absolute Gasteiger partial charge is 0.309 e. The second-order valence-electron chi connectivity index (χ2n) is 20.1. The Bertz CT molecular complexity index is 1790. The summed E-state index contributed by atoms with van der Waals surface area (Å²) < 4.78 is 6.19. The van der Waals surface area contributed by atoms with Gasteiger partial charge in [0.2, 0.25) is 0 Å². The first-order valence-corrected chi connectivity index (χ1v) is 20.3. The minimum Gasteiger partial charge on any atom is -0.481 e. The number of carbonyl (C=O) groups is 3. The van der Waals surface area contributed by atoms with Gasteiger partial charge in [0.15, 0.2) is 0 Å². The van der Waals surface area contributed by atoms with Crippen LogP contribution >= 0.6 is 0 Å². The highest BCUT2D eigenvalue weighted by atomic mass is 16.5. The van der Waals surface area contributed by atoms with Gasteiger partial charge in [-0.05, 0) is 142 Å². The molecule has 5 aliphatic carbocycles.